The van der Waals surface area contributed by atoms with Crippen LogP contribution in [0.25, 0.3) is 0 Å². The molecule has 0 heterocycles. The van der Waals surface area contributed by atoms with Gasteiger partial charge in [-0.05, 0) is 19.4 Å². The Morgan fingerprint density at radius 1 is 1.31 bits per heavy atom. The van der Waals surface area contributed by atoms with Crippen molar-refractivity contribution in [1.82, 2.24) is 4.90 Å². The summed E-state index contributed by atoms with van der Waals surface area (Å²) in [6, 6.07) is 10.3. The van der Waals surface area contributed by atoms with E-state index in [1.54, 1.807) is 4.90 Å². The first-order valence-corrected chi connectivity index (χ1v) is 4.44. The number of benzene rings is 1. The Balaban J connectivity index is 2.64. The smallest absolute Gasteiger partial charge is 0.179 e. The fourth-order valence-electron chi connectivity index (χ4n) is 1.11. The summed E-state index contributed by atoms with van der Waals surface area (Å²) in [6.07, 6.45) is 2.18. The van der Waals surface area contributed by atoms with Crippen LogP contribution in [0.1, 0.15) is 19.4 Å². The van der Waals surface area contributed by atoms with Crippen LogP contribution in [0.5, 0.6) is 0 Å². The second-order valence-electron chi connectivity index (χ2n) is 3.31. The predicted molar refractivity (Wildman–Crippen MR) is 52.7 cm³/mol. The van der Waals surface area contributed by atoms with Gasteiger partial charge >= 0.3 is 0 Å². The molecule has 13 heavy (non-hydrogen) atoms. The van der Waals surface area contributed by atoms with E-state index in [0.29, 0.717) is 6.54 Å². The molecule has 0 fully saturated rings. The zero-order chi connectivity index (χ0) is 9.68. The first-order chi connectivity index (χ1) is 6.24. The average molecular weight is 174 g/mol. The Morgan fingerprint density at radius 2 is 1.92 bits per heavy atom. The molecule has 1 rings (SSSR count). The second kappa shape index (κ2) is 4.51. The van der Waals surface area contributed by atoms with E-state index >= 15 is 0 Å². The molecule has 0 saturated heterocycles. The molecule has 0 aliphatic rings. The van der Waals surface area contributed by atoms with E-state index in [1.165, 1.54) is 5.56 Å². The van der Waals surface area contributed by atoms with Gasteiger partial charge < -0.3 is 4.90 Å². The van der Waals surface area contributed by atoms with E-state index in [4.69, 9.17) is 5.26 Å². The Morgan fingerprint density at radius 3 is 2.38 bits per heavy atom. The molecule has 1 aromatic carbocycles. The van der Waals surface area contributed by atoms with Crippen LogP contribution in [0.4, 0.5) is 0 Å². The molecule has 0 aromatic heterocycles. The van der Waals surface area contributed by atoms with Gasteiger partial charge in [-0.15, -0.1) is 0 Å². The van der Waals surface area contributed by atoms with Crippen LogP contribution >= 0.6 is 0 Å². The molecule has 0 aliphatic heterocycles. The Hall–Kier alpha value is -1.49. The summed E-state index contributed by atoms with van der Waals surface area (Å²) in [6.45, 7) is 4.74. The van der Waals surface area contributed by atoms with Crippen LogP contribution in [-0.2, 0) is 6.54 Å². The van der Waals surface area contributed by atoms with Crippen molar-refractivity contribution in [3.63, 3.8) is 0 Å². The molecule has 0 N–H and O–H groups in total. The van der Waals surface area contributed by atoms with Crippen LogP contribution in [-0.4, -0.2) is 10.9 Å². The lowest BCUT2D eigenvalue weighted by atomic mass is 10.2. The molecule has 0 radical (unpaired) electrons. The Bertz CT molecular complexity index is 285. The van der Waals surface area contributed by atoms with Crippen molar-refractivity contribution < 1.29 is 0 Å². The summed E-state index contributed by atoms with van der Waals surface area (Å²) in [4.78, 5) is 1.76. The summed E-state index contributed by atoms with van der Waals surface area (Å²) >= 11 is 0. The summed E-state index contributed by atoms with van der Waals surface area (Å²) in [5.41, 5.74) is 1.18. The van der Waals surface area contributed by atoms with Crippen LogP contribution in [0.3, 0.4) is 0 Å². The molecule has 2 heteroatoms. The molecule has 0 unspecified atom stereocenters. The number of rotatable bonds is 3. The van der Waals surface area contributed by atoms with Gasteiger partial charge in [-0.2, -0.15) is 5.26 Å². The van der Waals surface area contributed by atoms with Crippen molar-refractivity contribution in [2.24, 2.45) is 0 Å². The van der Waals surface area contributed by atoms with Gasteiger partial charge in [-0.25, -0.2) is 0 Å². The largest absolute Gasteiger partial charge is 0.304 e. The van der Waals surface area contributed by atoms with Gasteiger partial charge in [-0.1, -0.05) is 30.3 Å². The van der Waals surface area contributed by atoms with Crippen LogP contribution in [0.15, 0.2) is 30.3 Å². The van der Waals surface area contributed by atoms with Crippen LogP contribution in [0, 0.1) is 11.5 Å². The van der Waals surface area contributed by atoms with Gasteiger partial charge in [0.15, 0.2) is 6.19 Å². The average Bonchev–Trinajstić information content (AvgIpc) is 2.15. The topological polar surface area (TPSA) is 27.0 Å². The predicted octanol–water partition coefficient (Wildman–Crippen LogP) is 2.38. The van der Waals surface area contributed by atoms with Gasteiger partial charge in [0.2, 0.25) is 0 Å². The Labute approximate surface area is 79.4 Å². The summed E-state index contributed by atoms with van der Waals surface area (Å²) < 4.78 is 0. The minimum absolute atomic E-state index is 0.269. The highest BCUT2D eigenvalue weighted by molar-refractivity contribution is 5.15. The first-order valence-electron chi connectivity index (χ1n) is 4.44. The van der Waals surface area contributed by atoms with Gasteiger partial charge in [0.05, 0.1) is 6.54 Å². The maximum absolute atomic E-state index is 8.83. The van der Waals surface area contributed by atoms with Gasteiger partial charge in [0.25, 0.3) is 0 Å². The zero-order valence-corrected chi connectivity index (χ0v) is 8.07. The minimum Gasteiger partial charge on any atom is -0.304 e. The second-order valence-corrected chi connectivity index (χ2v) is 3.31. The third-order valence-corrected chi connectivity index (χ3v) is 1.95. The molecule has 68 valence electrons. The molecular formula is C11H14N2. The zero-order valence-electron chi connectivity index (χ0n) is 8.07. The molecule has 0 bridgehead atoms. The fourth-order valence-corrected chi connectivity index (χ4v) is 1.11. The summed E-state index contributed by atoms with van der Waals surface area (Å²) in [5, 5.41) is 8.83. The van der Waals surface area contributed by atoms with Gasteiger partial charge in [0, 0.05) is 6.04 Å². The molecule has 0 amide bonds. The monoisotopic (exact) mass is 174 g/mol. The third kappa shape index (κ3) is 2.79. The fraction of sp³-hybridized carbons (Fsp3) is 0.364. The van der Waals surface area contributed by atoms with E-state index in [1.807, 2.05) is 44.2 Å². The van der Waals surface area contributed by atoms with Gasteiger partial charge in [-0.3, -0.25) is 0 Å². The molecule has 1 aromatic rings. The maximum atomic E-state index is 8.83. The first kappa shape index (κ1) is 9.60. The van der Waals surface area contributed by atoms with E-state index < -0.39 is 0 Å². The van der Waals surface area contributed by atoms with E-state index in [-0.39, 0.29) is 6.04 Å². The SMILES string of the molecule is CC(C)N(C#N)Cc1ccccc1. The van der Waals surface area contributed by atoms with E-state index in [2.05, 4.69) is 6.19 Å². The molecular weight excluding hydrogens is 160 g/mol. The lowest BCUT2D eigenvalue weighted by Crippen LogP contribution is -2.24. The van der Waals surface area contributed by atoms with Crippen molar-refractivity contribution in [1.29, 1.82) is 5.26 Å². The number of nitrogens with zero attached hydrogens (tertiary/aromatic N) is 2. The summed E-state index contributed by atoms with van der Waals surface area (Å²) in [7, 11) is 0. The third-order valence-electron chi connectivity index (χ3n) is 1.95. The molecule has 0 atom stereocenters. The van der Waals surface area contributed by atoms with Crippen molar-refractivity contribution in [2.75, 3.05) is 0 Å². The lowest BCUT2D eigenvalue weighted by Gasteiger charge is -2.19. The summed E-state index contributed by atoms with van der Waals surface area (Å²) in [5.74, 6) is 0. The maximum Gasteiger partial charge on any atom is 0.179 e. The van der Waals surface area contributed by atoms with Gasteiger partial charge in [0.1, 0.15) is 0 Å². The van der Waals surface area contributed by atoms with Crippen LogP contribution in [0.2, 0.25) is 0 Å². The minimum atomic E-state index is 0.269. The van der Waals surface area contributed by atoms with Crippen molar-refractivity contribution in [3.05, 3.63) is 35.9 Å². The number of hydrogen-bond donors (Lipinski definition) is 0. The highest BCUT2D eigenvalue weighted by atomic mass is 15.1. The number of hydrogen-bond acceptors (Lipinski definition) is 2. The lowest BCUT2D eigenvalue weighted by molar-refractivity contribution is 0.318. The van der Waals surface area contributed by atoms with E-state index in [0.717, 1.165) is 0 Å². The molecule has 0 saturated carbocycles. The number of nitriles is 1. The highest BCUT2D eigenvalue weighted by Gasteiger charge is 2.06. The molecule has 2 nitrogen and oxygen atoms in total. The highest BCUT2D eigenvalue weighted by Crippen LogP contribution is 2.06. The standard InChI is InChI=1S/C11H14N2/c1-10(2)13(9-12)8-11-6-4-3-5-7-11/h3-7,10H,8H2,1-2H3. The Kier molecular flexibility index (Phi) is 3.33. The van der Waals surface area contributed by atoms with Crippen LogP contribution < -0.4 is 0 Å². The normalized spacial score (nSPS) is 9.69. The van der Waals surface area contributed by atoms with Crippen molar-refractivity contribution in [3.8, 4) is 6.19 Å². The quantitative estimate of drug-likeness (QED) is 0.519. The van der Waals surface area contributed by atoms with Crippen molar-refractivity contribution in [2.45, 2.75) is 26.4 Å². The van der Waals surface area contributed by atoms with Crippen molar-refractivity contribution >= 4 is 0 Å². The molecule has 0 aliphatic carbocycles. The van der Waals surface area contributed by atoms with E-state index in [9.17, 15) is 0 Å². The molecule has 0 spiro atoms.